The summed E-state index contributed by atoms with van der Waals surface area (Å²) in [4.78, 5) is 36.5. The molecule has 2 aliphatic heterocycles. The lowest BCUT2D eigenvalue weighted by atomic mass is 10.1. The number of hydrogen-bond donors (Lipinski definition) is 2. The van der Waals surface area contributed by atoms with Crippen molar-refractivity contribution in [3.05, 3.63) is 35.6 Å². The second-order valence-electron chi connectivity index (χ2n) is 5.47. The van der Waals surface area contributed by atoms with Crippen molar-refractivity contribution < 1.29 is 23.5 Å². The number of benzene rings is 1. The fourth-order valence-electron chi connectivity index (χ4n) is 2.66. The van der Waals surface area contributed by atoms with E-state index in [-0.39, 0.29) is 24.2 Å². The first kappa shape index (κ1) is 15.4. The number of nitrogens with zero attached hydrogens (tertiary/aromatic N) is 1. The third kappa shape index (κ3) is 3.48. The summed E-state index contributed by atoms with van der Waals surface area (Å²) in [5.74, 6) is -1.06. The molecule has 2 N–H and O–H groups in total. The van der Waals surface area contributed by atoms with E-state index in [0.29, 0.717) is 19.7 Å². The number of hydrogen-bond acceptors (Lipinski definition) is 4. The van der Waals surface area contributed by atoms with E-state index < -0.39 is 18.0 Å². The van der Waals surface area contributed by atoms with Crippen LogP contribution in [0.25, 0.3) is 0 Å². The Labute approximate surface area is 131 Å². The van der Waals surface area contributed by atoms with E-state index in [2.05, 4.69) is 10.6 Å². The molecule has 2 atom stereocenters. The minimum absolute atomic E-state index is 0.0896. The van der Waals surface area contributed by atoms with Crippen molar-refractivity contribution in [1.82, 2.24) is 15.5 Å². The lowest BCUT2D eigenvalue weighted by molar-refractivity contribution is -0.140. The van der Waals surface area contributed by atoms with Crippen molar-refractivity contribution in [3.63, 3.8) is 0 Å². The number of rotatable bonds is 3. The number of amides is 4. The number of carbonyl (C=O) groups excluding carboxylic acids is 3. The molecule has 2 heterocycles. The Morgan fingerprint density at radius 2 is 2.04 bits per heavy atom. The van der Waals surface area contributed by atoms with Crippen LogP contribution in [-0.4, -0.2) is 48.5 Å². The number of carbonyl (C=O) groups is 3. The molecule has 1 aromatic carbocycles. The summed E-state index contributed by atoms with van der Waals surface area (Å²) < 4.78 is 18.6. The van der Waals surface area contributed by atoms with E-state index >= 15 is 0 Å². The van der Waals surface area contributed by atoms with E-state index in [4.69, 9.17) is 4.74 Å². The van der Waals surface area contributed by atoms with Gasteiger partial charge in [-0.1, -0.05) is 12.1 Å². The van der Waals surface area contributed by atoms with Crippen molar-refractivity contribution in [3.8, 4) is 0 Å². The third-order valence-corrected chi connectivity index (χ3v) is 3.90. The van der Waals surface area contributed by atoms with Crippen LogP contribution >= 0.6 is 0 Å². The smallest absolute Gasteiger partial charge is 0.322 e. The Kier molecular flexibility index (Phi) is 4.24. The predicted molar refractivity (Wildman–Crippen MR) is 76.8 cm³/mol. The van der Waals surface area contributed by atoms with Gasteiger partial charge in [-0.05, 0) is 17.7 Å². The van der Waals surface area contributed by atoms with Gasteiger partial charge in [0.2, 0.25) is 5.91 Å². The van der Waals surface area contributed by atoms with Gasteiger partial charge in [0.1, 0.15) is 18.0 Å². The van der Waals surface area contributed by atoms with Gasteiger partial charge in [-0.3, -0.25) is 14.9 Å². The number of morpholine rings is 1. The number of ether oxygens (including phenoxy) is 1. The van der Waals surface area contributed by atoms with Crippen molar-refractivity contribution in [2.24, 2.45) is 0 Å². The predicted octanol–water partition coefficient (Wildman–Crippen LogP) is 0.324. The second kappa shape index (κ2) is 6.33. The Bertz CT molecular complexity index is 634. The molecule has 0 aromatic heterocycles. The summed E-state index contributed by atoms with van der Waals surface area (Å²) in [5, 5.41) is 4.50. The minimum Gasteiger partial charge on any atom is -0.370 e. The maximum atomic E-state index is 13.0. The van der Waals surface area contributed by atoms with Crippen LogP contribution in [0, 0.1) is 5.82 Å². The Balaban J connectivity index is 1.61. The van der Waals surface area contributed by atoms with Crippen LogP contribution in [0.5, 0.6) is 0 Å². The van der Waals surface area contributed by atoms with E-state index in [0.717, 1.165) is 5.56 Å². The highest BCUT2D eigenvalue weighted by molar-refractivity contribution is 6.05. The van der Waals surface area contributed by atoms with Gasteiger partial charge in [0.15, 0.2) is 0 Å². The number of nitrogens with one attached hydrogen (secondary N) is 2. The van der Waals surface area contributed by atoms with Gasteiger partial charge in [-0.2, -0.15) is 0 Å². The van der Waals surface area contributed by atoms with Gasteiger partial charge in [-0.25, -0.2) is 9.18 Å². The SMILES string of the molecule is O=C1NC(=O)[C@@H](CC(=O)N2CCO[C@H](c3ccc(F)cc3)C2)N1. The van der Waals surface area contributed by atoms with Crippen molar-refractivity contribution >= 4 is 17.8 Å². The molecule has 4 amide bonds. The van der Waals surface area contributed by atoms with E-state index in [1.807, 2.05) is 0 Å². The van der Waals surface area contributed by atoms with Gasteiger partial charge >= 0.3 is 6.03 Å². The molecule has 122 valence electrons. The highest BCUT2D eigenvalue weighted by Crippen LogP contribution is 2.23. The quantitative estimate of drug-likeness (QED) is 0.785. The highest BCUT2D eigenvalue weighted by atomic mass is 19.1. The average Bonchev–Trinajstić information content (AvgIpc) is 2.85. The Hall–Kier alpha value is -2.48. The molecule has 3 rings (SSSR count). The second-order valence-corrected chi connectivity index (χ2v) is 5.47. The summed E-state index contributed by atoms with van der Waals surface area (Å²) in [6, 6.07) is 4.52. The van der Waals surface area contributed by atoms with Crippen molar-refractivity contribution in [2.75, 3.05) is 19.7 Å². The molecule has 0 radical (unpaired) electrons. The Morgan fingerprint density at radius 3 is 2.70 bits per heavy atom. The summed E-state index contributed by atoms with van der Waals surface area (Å²) in [6.07, 6.45) is -0.423. The van der Waals surface area contributed by atoms with Crippen LogP contribution < -0.4 is 10.6 Å². The van der Waals surface area contributed by atoms with Crippen LogP contribution in [-0.2, 0) is 14.3 Å². The topological polar surface area (TPSA) is 87.7 Å². The molecule has 0 aliphatic carbocycles. The minimum atomic E-state index is -0.831. The van der Waals surface area contributed by atoms with Crippen LogP contribution in [0.4, 0.5) is 9.18 Å². The first-order valence-electron chi connectivity index (χ1n) is 7.29. The largest absolute Gasteiger partial charge is 0.370 e. The lowest BCUT2D eigenvalue weighted by Crippen LogP contribution is -2.45. The van der Waals surface area contributed by atoms with E-state index in [1.54, 1.807) is 17.0 Å². The van der Waals surface area contributed by atoms with Crippen LogP contribution in [0.1, 0.15) is 18.1 Å². The zero-order chi connectivity index (χ0) is 16.4. The van der Waals surface area contributed by atoms with Crippen LogP contribution in [0.3, 0.4) is 0 Å². The molecule has 2 aliphatic rings. The van der Waals surface area contributed by atoms with Crippen molar-refractivity contribution in [2.45, 2.75) is 18.6 Å². The molecular weight excluding hydrogens is 305 g/mol. The maximum absolute atomic E-state index is 13.0. The standard InChI is InChI=1S/C15H16FN3O4/c16-10-3-1-9(2-4-10)12-8-19(5-6-23-12)13(20)7-11-14(21)18-15(22)17-11/h1-4,11-12H,5-8H2,(H2,17,18,21,22)/t11-,12+/m1/s1. The summed E-state index contributed by atoms with van der Waals surface area (Å²) in [7, 11) is 0. The summed E-state index contributed by atoms with van der Waals surface area (Å²) in [5.41, 5.74) is 0.788. The monoisotopic (exact) mass is 321 g/mol. The fourth-order valence-corrected chi connectivity index (χ4v) is 2.66. The van der Waals surface area contributed by atoms with Gasteiger partial charge < -0.3 is 15.0 Å². The molecule has 0 saturated carbocycles. The summed E-state index contributed by atoms with van der Waals surface area (Å²) >= 11 is 0. The molecule has 0 spiro atoms. The Morgan fingerprint density at radius 1 is 1.30 bits per heavy atom. The summed E-state index contributed by atoms with van der Waals surface area (Å²) in [6.45, 7) is 1.10. The zero-order valence-corrected chi connectivity index (χ0v) is 12.3. The molecule has 23 heavy (non-hydrogen) atoms. The van der Waals surface area contributed by atoms with Crippen molar-refractivity contribution in [1.29, 1.82) is 0 Å². The number of halogens is 1. The fraction of sp³-hybridized carbons (Fsp3) is 0.400. The van der Waals surface area contributed by atoms with Crippen LogP contribution in [0.2, 0.25) is 0 Å². The zero-order valence-electron chi connectivity index (χ0n) is 12.3. The first-order valence-corrected chi connectivity index (χ1v) is 7.29. The number of urea groups is 1. The van der Waals surface area contributed by atoms with Gasteiger partial charge in [0, 0.05) is 6.54 Å². The average molecular weight is 321 g/mol. The molecule has 2 fully saturated rings. The molecule has 1 aromatic rings. The maximum Gasteiger partial charge on any atom is 0.322 e. The van der Waals surface area contributed by atoms with E-state index in [9.17, 15) is 18.8 Å². The lowest BCUT2D eigenvalue weighted by Gasteiger charge is -2.33. The third-order valence-electron chi connectivity index (χ3n) is 3.90. The van der Waals surface area contributed by atoms with Gasteiger partial charge in [-0.15, -0.1) is 0 Å². The molecule has 0 bridgehead atoms. The highest BCUT2D eigenvalue weighted by Gasteiger charge is 2.34. The first-order chi connectivity index (χ1) is 11.0. The number of imide groups is 1. The van der Waals surface area contributed by atoms with E-state index in [1.165, 1.54) is 12.1 Å². The molecule has 8 heteroatoms. The van der Waals surface area contributed by atoms with Gasteiger partial charge in [0.25, 0.3) is 5.91 Å². The molecule has 7 nitrogen and oxygen atoms in total. The molecule has 0 unspecified atom stereocenters. The van der Waals surface area contributed by atoms with Gasteiger partial charge in [0.05, 0.1) is 19.6 Å². The van der Waals surface area contributed by atoms with Crippen LogP contribution in [0.15, 0.2) is 24.3 Å². The molecule has 2 saturated heterocycles. The normalized spacial score (nSPS) is 24.3. The molecular formula is C15H16FN3O4.